The van der Waals surface area contributed by atoms with Gasteiger partial charge in [-0.05, 0) is 67.8 Å². The zero-order valence-electron chi connectivity index (χ0n) is 10.2. The lowest BCUT2D eigenvalue weighted by Crippen LogP contribution is -2.20. The van der Waals surface area contributed by atoms with E-state index >= 15 is 0 Å². The van der Waals surface area contributed by atoms with Crippen molar-refractivity contribution in [2.24, 2.45) is 0 Å². The van der Waals surface area contributed by atoms with Gasteiger partial charge in [0.25, 0.3) is 0 Å². The van der Waals surface area contributed by atoms with Gasteiger partial charge in [-0.15, -0.1) is 0 Å². The van der Waals surface area contributed by atoms with E-state index in [1.165, 1.54) is 0 Å². The van der Waals surface area contributed by atoms with Crippen LogP contribution in [0.25, 0.3) is 0 Å². The fraction of sp³-hybridized carbons (Fsp3) is 0.133. The van der Waals surface area contributed by atoms with Crippen LogP contribution in [0.5, 0.6) is 5.75 Å². The van der Waals surface area contributed by atoms with Crippen molar-refractivity contribution < 1.29 is 9.53 Å². The second kappa shape index (κ2) is 5.62. The number of carbonyl (C=O) groups is 1. The Hall–Kier alpha value is -0.650. The lowest BCUT2D eigenvalue weighted by molar-refractivity contribution is 0.0850. The molecule has 1 atom stereocenters. The lowest BCUT2D eigenvalue weighted by atomic mass is 9.96. The number of benzene rings is 2. The molecule has 0 aliphatic carbocycles. The van der Waals surface area contributed by atoms with Crippen LogP contribution in [0, 0.1) is 0 Å². The topological polar surface area (TPSA) is 26.3 Å². The molecule has 0 spiro atoms. The third kappa shape index (κ3) is 2.71. The highest BCUT2D eigenvalue weighted by molar-refractivity contribution is 9.13. The number of ether oxygens (including phenoxy) is 1. The van der Waals surface area contributed by atoms with Crippen LogP contribution < -0.4 is 4.74 Å². The summed E-state index contributed by atoms with van der Waals surface area (Å²) in [5.41, 5.74) is 1.64. The van der Waals surface area contributed by atoms with Gasteiger partial charge >= 0.3 is 0 Å². The maximum Gasteiger partial charge on any atom is 0.170 e. The summed E-state index contributed by atoms with van der Waals surface area (Å²) in [6, 6.07) is 11.4. The lowest BCUT2D eigenvalue weighted by Gasteiger charge is -2.26. The molecule has 0 radical (unpaired) electrons. The Bertz CT molecular complexity index is 698. The Balaban J connectivity index is 1.98. The third-order valence-corrected chi connectivity index (χ3v) is 5.57. The SMILES string of the molecule is O=C1CC(c2ccc(Br)c(Br)c2)Oc2cc(Br)ccc21. The normalized spacial score (nSPS) is 17.6. The molecule has 2 aromatic carbocycles. The molecule has 0 N–H and O–H groups in total. The molecule has 0 saturated heterocycles. The molecule has 0 fully saturated rings. The molecule has 1 heterocycles. The molecule has 1 unspecified atom stereocenters. The van der Waals surface area contributed by atoms with Crippen molar-refractivity contribution in [3.8, 4) is 5.75 Å². The van der Waals surface area contributed by atoms with Gasteiger partial charge in [-0.1, -0.05) is 22.0 Å². The number of halogens is 3. The third-order valence-electron chi connectivity index (χ3n) is 3.20. The van der Waals surface area contributed by atoms with Crippen molar-refractivity contribution in [3.63, 3.8) is 0 Å². The Morgan fingerprint density at radius 2 is 1.80 bits per heavy atom. The first kappa shape index (κ1) is 14.3. The number of carbonyl (C=O) groups excluding carboxylic acids is 1. The highest BCUT2D eigenvalue weighted by Crippen LogP contribution is 2.37. The first-order chi connectivity index (χ1) is 9.54. The highest BCUT2D eigenvalue weighted by Gasteiger charge is 2.27. The van der Waals surface area contributed by atoms with Crippen molar-refractivity contribution in [2.45, 2.75) is 12.5 Å². The van der Waals surface area contributed by atoms with E-state index in [0.717, 1.165) is 19.0 Å². The monoisotopic (exact) mass is 458 g/mol. The molecule has 102 valence electrons. The fourth-order valence-electron chi connectivity index (χ4n) is 2.20. The molecular formula is C15H9Br3O2. The molecule has 0 aromatic heterocycles. The van der Waals surface area contributed by atoms with Gasteiger partial charge in [0.1, 0.15) is 11.9 Å². The number of hydrogen-bond donors (Lipinski definition) is 0. The smallest absolute Gasteiger partial charge is 0.170 e. The van der Waals surface area contributed by atoms with E-state index in [0.29, 0.717) is 17.7 Å². The standard InChI is InChI=1S/C15H9Br3O2/c16-9-2-3-10-13(19)7-14(20-15(10)6-9)8-1-4-11(17)12(18)5-8/h1-6,14H,7H2. The summed E-state index contributed by atoms with van der Waals surface area (Å²) in [7, 11) is 0. The Labute approximate surface area is 141 Å². The Morgan fingerprint density at radius 1 is 1.00 bits per heavy atom. The summed E-state index contributed by atoms with van der Waals surface area (Å²) >= 11 is 10.3. The zero-order valence-corrected chi connectivity index (χ0v) is 15.0. The van der Waals surface area contributed by atoms with Crippen LogP contribution in [-0.4, -0.2) is 5.78 Å². The van der Waals surface area contributed by atoms with Crippen LogP contribution >= 0.6 is 47.8 Å². The molecule has 1 aliphatic heterocycles. The summed E-state index contributed by atoms with van der Waals surface area (Å²) in [6.45, 7) is 0. The van der Waals surface area contributed by atoms with Crippen LogP contribution in [0.1, 0.15) is 28.4 Å². The summed E-state index contributed by atoms with van der Waals surface area (Å²) < 4.78 is 8.81. The predicted octanol–water partition coefficient (Wildman–Crippen LogP) is 5.68. The van der Waals surface area contributed by atoms with Crippen LogP contribution in [-0.2, 0) is 0 Å². The number of hydrogen-bond acceptors (Lipinski definition) is 2. The van der Waals surface area contributed by atoms with Crippen molar-refractivity contribution in [2.75, 3.05) is 0 Å². The van der Waals surface area contributed by atoms with E-state index in [9.17, 15) is 4.79 Å². The van der Waals surface area contributed by atoms with E-state index in [-0.39, 0.29) is 11.9 Å². The largest absolute Gasteiger partial charge is 0.484 e. The minimum Gasteiger partial charge on any atom is -0.484 e. The second-order valence-electron chi connectivity index (χ2n) is 4.55. The van der Waals surface area contributed by atoms with Crippen molar-refractivity contribution >= 4 is 53.6 Å². The summed E-state index contributed by atoms with van der Waals surface area (Å²) in [5, 5.41) is 0. The van der Waals surface area contributed by atoms with Gasteiger partial charge in [-0.2, -0.15) is 0 Å². The van der Waals surface area contributed by atoms with Gasteiger partial charge in [0.2, 0.25) is 0 Å². The quantitative estimate of drug-likeness (QED) is 0.547. The molecule has 20 heavy (non-hydrogen) atoms. The molecule has 2 nitrogen and oxygen atoms in total. The van der Waals surface area contributed by atoms with E-state index in [1.54, 1.807) is 6.07 Å². The van der Waals surface area contributed by atoms with Gasteiger partial charge in [0, 0.05) is 13.4 Å². The van der Waals surface area contributed by atoms with Gasteiger partial charge in [0.05, 0.1) is 12.0 Å². The van der Waals surface area contributed by atoms with E-state index in [1.807, 2.05) is 30.3 Å². The minimum atomic E-state index is -0.242. The number of fused-ring (bicyclic) bond motifs is 1. The van der Waals surface area contributed by atoms with Crippen LogP contribution in [0.2, 0.25) is 0 Å². The van der Waals surface area contributed by atoms with E-state index < -0.39 is 0 Å². The molecular weight excluding hydrogens is 452 g/mol. The number of ketones is 1. The molecule has 0 bridgehead atoms. The molecule has 2 aromatic rings. The van der Waals surface area contributed by atoms with Crippen molar-refractivity contribution in [1.82, 2.24) is 0 Å². The molecule has 3 rings (SSSR count). The van der Waals surface area contributed by atoms with E-state index in [2.05, 4.69) is 47.8 Å². The summed E-state index contributed by atoms with van der Waals surface area (Å²) in [6.07, 6.45) is 0.122. The van der Waals surface area contributed by atoms with Crippen molar-refractivity contribution in [1.29, 1.82) is 0 Å². The summed E-state index contributed by atoms with van der Waals surface area (Å²) in [5.74, 6) is 0.752. The van der Waals surface area contributed by atoms with Crippen molar-refractivity contribution in [3.05, 3.63) is 60.9 Å². The maximum atomic E-state index is 12.2. The number of Topliss-reactive ketones (excluding diaryl/α,β-unsaturated/α-hetero) is 1. The van der Waals surface area contributed by atoms with Crippen LogP contribution in [0.4, 0.5) is 0 Å². The maximum absolute atomic E-state index is 12.2. The second-order valence-corrected chi connectivity index (χ2v) is 7.17. The molecule has 5 heteroatoms. The highest BCUT2D eigenvalue weighted by atomic mass is 79.9. The Kier molecular flexibility index (Phi) is 4.02. The fourth-order valence-corrected chi connectivity index (χ4v) is 3.18. The van der Waals surface area contributed by atoms with Gasteiger partial charge in [-0.3, -0.25) is 4.79 Å². The molecule has 0 saturated carbocycles. The van der Waals surface area contributed by atoms with E-state index in [4.69, 9.17) is 4.74 Å². The zero-order chi connectivity index (χ0) is 14.3. The average molecular weight is 461 g/mol. The average Bonchev–Trinajstić information content (AvgIpc) is 2.41. The van der Waals surface area contributed by atoms with Crippen LogP contribution in [0.15, 0.2) is 49.8 Å². The predicted molar refractivity (Wildman–Crippen MR) is 88.3 cm³/mol. The minimum absolute atomic E-state index is 0.114. The first-order valence-corrected chi connectivity index (χ1v) is 8.37. The van der Waals surface area contributed by atoms with Gasteiger partial charge < -0.3 is 4.74 Å². The van der Waals surface area contributed by atoms with Gasteiger partial charge in [0.15, 0.2) is 5.78 Å². The first-order valence-electron chi connectivity index (χ1n) is 5.99. The van der Waals surface area contributed by atoms with Gasteiger partial charge in [-0.25, -0.2) is 0 Å². The summed E-state index contributed by atoms with van der Waals surface area (Å²) in [4.78, 5) is 12.2. The molecule has 1 aliphatic rings. The Morgan fingerprint density at radius 3 is 2.55 bits per heavy atom. The number of rotatable bonds is 1. The molecule has 0 amide bonds. The van der Waals surface area contributed by atoms with Crippen LogP contribution in [0.3, 0.4) is 0 Å².